The number of carbonyl (C=O) groups excluding carboxylic acids is 2. The molecule has 7 rings (SSSR count). The SMILES string of the molecule is CCCN(Cc1ncc(-c2ccc3c(c2)cc2n3C(C(C)C)Oc3cc(-c4cnc(C5CCCN5C(=O)C(NC(=O)OC)C(C)C)[nH]4)c(F)cc3-2)[nH]1)C(O)C(NCOC)C(C)C. The van der Waals surface area contributed by atoms with Crippen LogP contribution in [-0.4, -0.2) is 104 Å². The molecule has 0 radical (unpaired) electrons. The summed E-state index contributed by atoms with van der Waals surface area (Å²) in [7, 11) is 2.90. The Bertz CT molecular complexity index is 2350. The summed E-state index contributed by atoms with van der Waals surface area (Å²) < 4.78 is 35.2. The van der Waals surface area contributed by atoms with Crippen LogP contribution in [0.1, 0.15) is 91.6 Å². The van der Waals surface area contributed by atoms with Crippen molar-refractivity contribution in [2.45, 2.75) is 105 Å². The molecule has 62 heavy (non-hydrogen) atoms. The summed E-state index contributed by atoms with van der Waals surface area (Å²) in [6.07, 6.45) is 3.98. The molecule has 16 heteroatoms. The number of rotatable bonds is 17. The molecule has 0 bridgehead atoms. The minimum atomic E-state index is -0.762. The van der Waals surface area contributed by atoms with Gasteiger partial charge in [-0.15, -0.1) is 0 Å². The number of nitrogens with zero attached hydrogens (tertiary/aromatic N) is 5. The number of benzene rings is 2. The molecule has 5 unspecified atom stereocenters. The maximum absolute atomic E-state index is 16.4. The lowest BCUT2D eigenvalue weighted by molar-refractivity contribution is -0.135. The van der Waals surface area contributed by atoms with E-state index in [1.54, 1.807) is 24.3 Å². The Labute approximate surface area is 362 Å². The highest BCUT2D eigenvalue weighted by Gasteiger charge is 2.38. The maximum Gasteiger partial charge on any atom is 0.407 e. The van der Waals surface area contributed by atoms with Gasteiger partial charge in [-0.2, -0.15) is 0 Å². The van der Waals surface area contributed by atoms with E-state index >= 15 is 4.39 Å². The predicted octanol–water partition coefficient (Wildman–Crippen LogP) is 7.57. The van der Waals surface area contributed by atoms with Crippen molar-refractivity contribution < 1.29 is 33.3 Å². The number of aliphatic hydroxyl groups is 1. The Morgan fingerprint density at radius 2 is 1.79 bits per heavy atom. The molecule has 2 aromatic carbocycles. The van der Waals surface area contributed by atoms with Crippen molar-refractivity contribution in [2.75, 3.05) is 34.0 Å². The van der Waals surface area contributed by atoms with Crippen molar-refractivity contribution in [3.05, 3.63) is 66.3 Å². The Morgan fingerprint density at radius 1 is 1.02 bits per heavy atom. The van der Waals surface area contributed by atoms with Gasteiger partial charge in [0, 0.05) is 48.2 Å². The minimum absolute atomic E-state index is 0.0789. The number of aromatic nitrogens is 5. The first-order chi connectivity index (χ1) is 29.7. The van der Waals surface area contributed by atoms with Crippen LogP contribution in [0.4, 0.5) is 9.18 Å². The van der Waals surface area contributed by atoms with Crippen LogP contribution in [0.5, 0.6) is 5.75 Å². The van der Waals surface area contributed by atoms with E-state index in [1.165, 1.54) is 13.2 Å². The zero-order valence-corrected chi connectivity index (χ0v) is 37.3. The van der Waals surface area contributed by atoms with Crippen molar-refractivity contribution in [1.82, 2.24) is 44.9 Å². The zero-order valence-electron chi connectivity index (χ0n) is 37.3. The number of methoxy groups -OCH3 is 2. The summed E-state index contributed by atoms with van der Waals surface area (Å²) in [5.41, 5.74) is 5.05. The number of ether oxygens (including phenoxy) is 3. The van der Waals surface area contributed by atoms with Gasteiger partial charge in [-0.05, 0) is 61.4 Å². The third-order valence-corrected chi connectivity index (χ3v) is 12.1. The summed E-state index contributed by atoms with van der Waals surface area (Å²) in [4.78, 5) is 45.7. The van der Waals surface area contributed by atoms with Gasteiger partial charge in [0.15, 0.2) is 6.23 Å². The number of imidazole rings is 2. The number of carbonyl (C=O) groups is 2. The lowest BCUT2D eigenvalue weighted by atomic mass is 10.0. The Morgan fingerprint density at radius 3 is 2.48 bits per heavy atom. The van der Waals surface area contributed by atoms with Gasteiger partial charge in [-0.3, -0.25) is 15.0 Å². The predicted molar refractivity (Wildman–Crippen MR) is 235 cm³/mol. The second-order valence-corrected chi connectivity index (χ2v) is 17.5. The largest absolute Gasteiger partial charge is 0.469 e. The summed E-state index contributed by atoms with van der Waals surface area (Å²) in [5.74, 6) is 1.30. The molecule has 2 amide bonds. The summed E-state index contributed by atoms with van der Waals surface area (Å²) in [6, 6.07) is 10.3. The summed E-state index contributed by atoms with van der Waals surface area (Å²) in [5, 5.41) is 18.4. The van der Waals surface area contributed by atoms with Gasteiger partial charge in [0.2, 0.25) is 5.91 Å². The fraction of sp³-hybridized carbons (Fsp3) is 0.522. The molecule has 2 aliphatic heterocycles. The lowest BCUT2D eigenvalue weighted by Crippen LogP contribution is -2.53. The highest BCUT2D eigenvalue weighted by molar-refractivity contribution is 5.92. The quantitative estimate of drug-likeness (QED) is 0.0587. The number of fused-ring (bicyclic) bond motifs is 5. The van der Waals surface area contributed by atoms with E-state index in [1.807, 2.05) is 24.9 Å². The number of H-pyrrole nitrogens is 2. The van der Waals surface area contributed by atoms with Gasteiger partial charge in [0.05, 0.1) is 67.5 Å². The average Bonchev–Trinajstić information content (AvgIpc) is 4.08. The second kappa shape index (κ2) is 19.0. The molecular formula is C46H62FN9O6. The van der Waals surface area contributed by atoms with Gasteiger partial charge in [0.1, 0.15) is 35.5 Å². The number of hydrogen-bond donors (Lipinski definition) is 5. The van der Waals surface area contributed by atoms with Crippen LogP contribution in [0.25, 0.3) is 44.7 Å². The normalized spacial score (nSPS) is 17.8. The monoisotopic (exact) mass is 855 g/mol. The molecule has 1 fully saturated rings. The average molecular weight is 856 g/mol. The number of alkyl carbamates (subject to hydrolysis) is 1. The zero-order chi connectivity index (χ0) is 44.4. The van der Waals surface area contributed by atoms with E-state index in [0.717, 1.165) is 46.5 Å². The molecule has 0 spiro atoms. The number of nitrogens with one attached hydrogen (secondary N) is 4. The molecule has 5 N–H and O–H groups in total. The number of aliphatic hydroxyl groups excluding tert-OH is 1. The van der Waals surface area contributed by atoms with Gasteiger partial charge in [-0.1, -0.05) is 54.5 Å². The van der Waals surface area contributed by atoms with Crippen molar-refractivity contribution in [1.29, 1.82) is 0 Å². The van der Waals surface area contributed by atoms with Gasteiger partial charge in [0.25, 0.3) is 0 Å². The van der Waals surface area contributed by atoms with Crippen molar-refractivity contribution >= 4 is 22.9 Å². The molecule has 15 nitrogen and oxygen atoms in total. The maximum atomic E-state index is 16.4. The van der Waals surface area contributed by atoms with Crippen LogP contribution in [0.15, 0.2) is 48.8 Å². The van der Waals surface area contributed by atoms with Crippen LogP contribution >= 0.6 is 0 Å². The fourth-order valence-electron chi connectivity index (χ4n) is 8.86. The molecule has 3 aromatic heterocycles. The minimum Gasteiger partial charge on any atom is -0.469 e. The first kappa shape index (κ1) is 44.8. The highest BCUT2D eigenvalue weighted by Crippen LogP contribution is 2.47. The highest BCUT2D eigenvalue weighted by atomic mass is 19.1. The van der Waals surface area contributed by atoms with Gasteiger partial charge < -0.3 is 44.1 Å². The molecule has 5 aromatic rings. The van der Waals surface area contributed by atoms with E-state index in [2.05, 4.69) is 89.0 Å². The molecule has 334 valence electrons. The molecule has 2 aliphatic rings. The van der Waals surface area contributed by atoms with Crippen LogP contribution in [0, 0.1) is 23.6 Å². The molecular weight excluding hydrogens is 794 g/mol. The topological polar surface area (TPSA) is 175 Å². The number of halogens is 1. The number of hydrogen-bond acceptors (Lipinski definition) is 10. The lowest BCUT2D eigenvalue weighted by Gasteiger charge is -2.35. The standard InChI is InChI=1S/C46H62FN9O6/c1-10-15-54(43(57)40(25(2)3)50-24-60-8)23-39-48-21-33(51-39)28-13-14-35-29(17-28)18-37-31-19-32(47)30(20-38(31)62-45(27(6)7)56(35)37)34-22-49-42(52-34)36-12-11-16-55(36)44(58)41(26(4)5)53-46(59)61-9/h13-14,17-22,25-27,36,40-41,43,45,50,57H,10-12,15-16,23-24H2,1-9H3,(H,48,51)(H,49,52)(H,53,59). The summed E-state index contributed by atoms with van der Waals surface area (Å²) >= 11 is 0. The fourth-order valence-corrected chi connectivity index (χ4v) is 8.86. The Kier molecular flexibility index (Phi) is 13.7. The van der Waals surface area contributed by atoms with Crippen molar-refractivity contribution in [3.8, 4) is 39.5 Å². The Hall–Kier alpha value is -5.29. The molecule has 1 saturated heterocycles. The third kappa shape index (κ3) is 8.96. The molecule has 0 aliphatic carbocycles. The van der Waals surface area contributed by atoms with Crippen LogP contribution in [0.3, 0.4) is 0 Å². The number of likely N-dealkylation sites (tertiary alicyclic amines) is 1. The third-order valence-electron chi connectivity index (χ3n) is 12.1. The smallest absolute Gasteiger partial charge is 0.407 e. The van der Waals surface area contributed by atoms with Crippen LogP contribution in [0.2, 0.25) is 0 Å². The number of amides is 2. The molecule has 5 heterocycles. The van der Waals surface area contributed by atoms with E-state index in [9.17, 15) is 14.7 Å². The van der Waals surface area contributed by atoms with Crippen LogP contribution < -0.4 is 15.4 Å². The van der Waals surface area contributed by atoms with Crippen LogP contribution in [-0.2, 0) is 20.8 Å². The molecule has 5 atom stereocenters. The number of aromatic amines is 2. The second-order valence-electron chi connectivity index (χ2n) is 17.5. The summed E-state index contributed by atoms with van der Waals surface area (Å²) in [6.45, 7) is 16.2. The first-order valence-electron chi connectivity index (χ1n) is 21.8. The molecule has 0 saturated carbocycles. The Balaban J connectivity index is 1.15. The first-order valence-corrected chi connectivity index (χ1v) is 21.8. The van der Waals surface area contributed by atoms with Gasteiger partial charge >= 0.3 is 6.09 Å². The van der Waals surface area contributed by atoms with E-state index in [-0.39, 0.29) is 42.0 Å². The van der Waals surface area contributed by atoms with E-state index in [4.69, 9.17) is 19.2 Å². The van der Waals surface area contributed by atoms with E-state index < -0.39 is 24.2 Å². The van der Waals surface area contributed by atoms with Gasteiger partial charge in [-0.25, -0.2) is 19.2 Å². The van der Waals surface area contributed by atoms with E-state index in [0.29, 0.717) is 61.2 Å². The van der Waals surface area contributed by atoms with Crippen molar-refractivity contribution in [3.63, 3.8) is 0 Å². The van der Waals surface area contributed by atoms with Crippen molar-refractivity contribution in [2.24, 2.45) is 17.8 Å².